The molecule has 2 rings (SSSR count). The summed E-state index contributed by atoms with van der Waals surface area (Å²) in [6, 6.07) is 7.36. The molecule has 0 aromatic heterocycles. The Morgan fingerprint density at radius 2 is 1.89 bits per heavy atom. The highest BCUT2D eigenvalue weighted by Crippen LogP contribution is 2.28. The predicted molar refractivity (Wildman–Crippen MR) is 75.5 cm³/mol. The molecule has 0 saturated carbocycles. The fourth-order valence-electron chi connectivity index (χ4n) is 2.31. The molecule has 1 aliphatic heterocycles. The molecule has 0 spiro atoms. The molecular weight excluding hydrogens is 266 g/mol. The van der Waals surface area contributed by atoms with Gasteiger partial charge in [0, 0.05) is 19.3 Å². The van der Waals surface area contributed by atoms with Crippen LogP contribution < -0.4 is 5.73 Å². The Hall–Kier alpha value is -1.10. The molecule has 2 N–H and O–H groups in total. The second-order valence-electron chi connectivity index (χ2n) is 4.59. The highest BCUT2D eigenvalue weighted by molar-refractivity contribution is 5.89. The molecule has 1 atom stereocenters. The molecule has 19 heavy (non-hydrogen) atoms. The van der Waals surface area contributed by atoms with E-state index in [1.165, 1.54) is 7.11 Å². The SMILES string of the molecule is COC(=O)c1ccc([C@@H](N)C2CCOCC2)cc1.Cl. The van der Waals surface area contributed by atoms with E-state index in [0.29, 0.717) is 11.5 Å². The van der Waals surface area contributed by atoms with Crippen molar-refractivity contribution in [2.24, 2.45) is 11.7 Å². The van der Waals surface area contributed by atoms with Gasteiger partial charge < -0.3 is 15.2 Å². The topological polar surface area (TPSA) is 61.5 Å². The molecule has 1 aliphatic rings. The first-order chi connectivity index (χ1) is 8.72. The van der Waals surface area contributed by atoms with Crippen LogP contribution >= 0.6 is 12.4 Å². The summed E-state index contributed by atoms with van der Waals surface area (Å²) in [4.78, 5) is 11.3. The lowest BCUT2D eigenvalue weighted by molar-refractivity contribution is 0.0583. The normalized spacial score (nSPS) is 17.4. The van der Waals surface area contributed by atoms with Crippen molar-refractivity contribution in [3.63, 3.8) is 0 Å². The van der Waals surface area contributed by atoms with Gasteiger partial charge in [-0.3, -0.25) is 0 Å². The molecule has 1 heterocycles. The lowest BCUT2D eigenvalue weighted by Crippen LogP contribution is -2.27. The van der Waals surface area contributed by atoms with E-state index in [1.807, 2.05) is 12.1 Å². The smallest absolute Gasteiger partial charge is 0.337 e. The molecule has 5 heteroatoms. The van der Waals surface area contributed by atoms with E-state index in [2.05, 4.69) is 4.74 Å². The number of benzene rings is 1. The Morgan fingerprint density at radius 3 is 2.42 bits per heavy atom. The van der Waals surface area contributed by atoms with Gasteiger partial charge in [-0.2, -0.15) is 0 Å². The summed E-state index contributed by atoms with van der Waals surface area (Å²) in [6.07, 6.45) is 2.00. The van der Waals surface area contributed by atoms with Crippen molar-refractivity contribution in [2.45, 2.75) is 18.9 Å². The van der Waals surface area contributed by atoms with Crippen molar-refractivity contribution in [1.82, 2.24) is 0 Å². The van der Waals surface area contributed by atoms with Crippen LogP contribution in [0.15, 0.2) is 24.3 Å². The van der Waals surface area contributed by atoms with E-state index >= 15 is 0 Å². The average molecular weight is 286 g/mol. The van der Waals surface area contributed by atoms with Crippen molar-refractivity contribution in [3.05, 3.63) is 35.4 Å². The van der Waals surface area contributed by atoms with Crippen LogP contribution in [0.25, 0.3) is 0 Å². The number of carbonyl (C=O) groups excluding carboxylic acids is 1. The number of rotatable bonds is 3. The van der Waals surface area contributed by atoms with Gasteiger partial charge in [0.2, 0.25) is 0 Å². The maximum Gasteiger partial charge on any atom is 0.337 e. The van der Waals surface area contributed by atoms with Crippen molar-refractivity contribution in [1.29, 1.82) is 0 Å². The Morgan fingerprint density at radius 1 is 1.32 bits per heavy atom. The monoisotopic (exact) mass is 285 g/mol. The quantitative estimate of drug-likeness (QED) is 0.866. The molecule has 1 aromatic carbocycles. The highest BCUT2D eigenvalue weighted by Gasteiger charge is 2.22. The van der Waals surface area contributed by atoms with Gasteiger partial charge in [0.1, 0.15) is 0 Å². The summed E-state index contributed by atoms with van der Waals surface area (Å²) in [7, 11) is 1.38. The lowest BCUT2D eigenvalue weighted by atomic mass is 9.87. The van der Waals surface area contributed by atoms with Crippen molar-refractivity contribution in [2.75, 3.05) is 20.3 Å². The van der Waals surface area contributed by atoms with Gasteiger partial charge in [0.15, 0.2) is 0 Å². The van der Waals surface area contributed by atoms with Crippen molar-refractivity contribution < 1.29 is 14.3 Å². The third kappa shape index (κ3) is 3.93. The Bertz CT molecular complexity index is 402. The van der Waals surface area contributed by atoms with Crippen molar-refractivity contribution in [3.8, 4) is 0 Å². The molecule has 0 unspecified atom stereocenters. The Labute approximate surface area is 119 Å². The minimum atomic E-state index is -0.318. The molecule has 0 radical (unpaired) electrons. The van der Waals surface area contributed by atoms with E-state index < -0.39 is 0 Å². The molecule has 0 bridgehead atoms. The van der Waals surface area contributed by atoms with Crippen LogP contribution in [0.2, 0.25) is 0 Å². The number of halogens is 1. The highest BCUT2D eigenvalue weighted by atomic mass is 35.5. The predicted octanol–water partition coefficient (Wildman–Crippen LogP) is 2.32. The maximum absolute atomic E-state index is 11.3. The summed E-state index contributed by atoms with van der Waals surface area (Å²) < 4.78 is 10.0. The van der Waals surface area contributed by atoms with Crippen LogP contribution in [0.1, 0.15) is 34.8 Å². The van der Waals surface area contributed by atoms with Crippen LogP contribution in [-0.4, -0.2) is 26.3 Å². The fourth-order valence-corrected chi connectivity index (χ4v) is 2.31. The Balaban J connectivity index is 0.00000180. The minimum absolute atomic E-state index is 0. The number of carbonyl (C=O) groups is 1. The van der Waals surface area contributed by atoms with Crippen LogP contribution in [0, 0.1) is 5.92 Å². The largest absolute Gasteiger partial charge is 0.465 e. The molecule has 1 aromatic rings. The summed E-state index contributed by atoms with van der Waals surface area (Å²) in [5, 5.41) is 0. The molecule has 4 nitrogen and oxygen atoms in total. The summed E-state index contributed by atoms with van der Waals surface area (Å²) >= 11 is 0. The first kappa shape index (κ1) is 16.0. The van der Waals surface area contributed by atoms with E-state index in [9.17, 15) is 4.79 Å². The van der Waals surface area contributed by atoms with Crippen molar-refractivity contribution >= 4 is 18.4 Å². The van der Waals surface area contributed by atoms with Gasteiger partial charge in [-0.25, -0.2) is 4.79 Å². The summed E-state index contributed by atoms with van der Waals surface area (Å²) in [5.41, 5.74) is 7.88. The van der Waals surface area contributed by atoms with E-state index in [-0.39, 0.29) is 24.4 Å². The van der Waals surface area contributed by atoms with Gasteiger partial charge >= 0.3 is 5.97 Å². The second-order valence-corrected chi connectivity index (χ2v) is 4.59. The third-order valence-electron chi connectivity index (χ3n) is 3.49. The number of esters is 1. The molecule has 106 valence electrons. The standard InChI is InChI=1S/C14H19NO3.ClH/c1-17-14(16)12-4-2-10(3-5-12)13(15)11-6-8-18-9-7-11;/h2-5,11,13H,6-9,15H2,1H3;1H/t13-;/m1./s1. The molecule has 0 aliphatic carbocycles. The number of methoxy groups -OCH3 is 1. The zero-order valence-electron chi connectivity index (χ0n) is 11.0. The first-order valence-electron chi connectivity index (χ1n) is 6.24. The minimum Gasteiger partial charge on any atom is -0.465 e. The molecular formula is C14H20ClNO3. The molecule has 1 fully saturated rings. The average Bonchev–Trinajstić information content (AvgIpc) is 2.47. The van der Waals surface area contributed by atoms with Gasteiger partial charge in [-0.15, -0.1) is 12.4 Å². The zero-order chi connectivity index (χ0) is 13.0. The first-order valence-corrected chi connectivity index (χ1v) is 6.24. The number of hydrogen-bond donors (Lipinski definition) is 1. The van der Waals surface area contributed by atoms with Crippen LogP contribution in [-0.2, 0) is 9.47 Å². The fraction of sp³-hybridized carbons (Fsp3) is 0.500. The molecule has 1 saturated heterocycles. The van der Waals surface area contributed by atoms with E-state index in [1.54, 1.807) is 12.1 Å². The third-order valence-corrected chi connectivity index (χ3v) is 3.49. The van der Waals surface area contributed by atoms with Crippen LogP contribution in [0.3, 0.4) is 0 Å². The zero-order valence-corrected chi connectivity index (χ0v) is 11.8. The summed E-state index contributed by atoms with van der Waals surface area (Å²) in [5.74, 6) is 0.143. The number of hydrogen-bond acceptors (Lipinski definition) is 4. The van der Waals surface area contributed by atoms with Gasteiger partial charge in [-0.05, 0) is 36.5 Å². The van der Waals surface area contributed by atoms with Crippen LogP contribution in [0.4, 0.5) is 0 Å². The van der Waals surface area contributed by atoms with Gasteiger partial charge in [0.25, 0.3) is 0 Å². The Kier molecular flexibility index (Phi) is 6.28. The number of nitrogens with two attached hydrogens (primary N) is 1. The second kappa shape index (κ2) is 7.48. The van der Waals surface area contributed by atoms with E-state index in [4.69, 9.17) is 10.5 Å². The molecule has 0 amide bonds. The van der Waals surface area contributed by atoms with Crippen LogP contribution in [0.5, 0.6) is 0 Å². The van der Waals surface area contributed by atoms with Gasteiger partial charge in [-0.1, -0.05) is 12.1 Å². The maximum atomic E-state index is 11.3. The van der Waals surface area contributed by atoms with Gasteiger partial charge in [0.05, 0.1) is 12.7 Å². The lowest BCUT2D eigenvalue weighted by Gasteiger charge is -2.27. The van der Waals surface area contributed by atoms with E-state index in [0.717, 1.165) is 31.6 Å². The number of ether oxygens (including phenoxy) is 2. The summed E-state index contributed by atoms with van der Waals surface area (Å²) in [6.45, 7) is 1.58.